The molecule has 1 atom stereocenters. The van der Waals surface area contributed by atoms with Gasteiger partial charge in [0.2, 0.25) is 6.71 Å². The third-order valence-electron chi connectivity index (χ3n) is 11.7. The Morgan fingerprint density at radius 2 is 1.29 bits per heavy atom. The first-order valence-electron chi connectivity index (χ1n) is 17.6. The van der Waals surface area contributed by atoms with Gasteiger partial charge >= 0.3 is 0 Å². The Kier molecular flexibility index (Phi) is 6.44. The highest BCUT2D eigenvalue weighted by Gasteiger charge is 2.48. The van der Waals surface area contributed by atoms with Crippen LogP contribution in [0, 0.1) is 0 Å². The van der Waals surface area contributed by atoms with Crippen LogP contribution in [0.4, 0.5) is 17.2 Å². The molecule has 9 rings (SSSR count). The molecule has 2 aliphatic heterocycles. The molecule has 0 bridgehead atoms. The number of aromatic nitrogens is 1. The topological polar surface area (TPSA) is 16.1 Å². The minimum absolute atomic E-state index is 0.104. The van der Waals surface area contributed by atoms with Crippen molar-refractivity contribution in [3.63, 3.8) is 0 Å². The van der Waals surface area contributed by atoms with Crippen LogP contribution < -0.4 is 21.3 Å². The third kappa shape index (κ3) is 4.30. The second kappa shape index (κ2) is 10.6. The van der Waals surface area contributed by atoms with Crippen LogP contribution in [0.5, 0.6) is 0 Å². The fourth-order valence-corrected chi connectivity index (χ4v) is 8.98. The summed E-state index contributed by atoms with van der Waals surface area (Å²) in [5.41, 5.74) is 17.4. The quantitative estimate of drug-likeness (QED) is 0.183. The maximum absolute atomic E-state index is 5.22. The molecule has 1 aromatic heterocycles. The van der Waals surface area contributed by atoms with Gasteiger partial charge in [-0.1, -0.05) is 137 Å². The lowest BCUT2D eigenvalue weighted by Crippen LogP contribution is -2.64. The van der Waals surface area contributed by atoms with Gasteiger partial charge in [0.05, 0.1) is 0 Å². The fourth-order valence-electron chi connectivity index (χ4n) is 8.98. The highest BCUT2D eigenvalue weighted by molar-refractivity contribution is 6.99. The number of anilines is 3. The summed E-state index contributed by atoms with van der Waals surface area (Å²) in [5.74, 6) is 1.60. The zero-order valence-electron chi connectivity index (χ0n) is 28.6. The Labute approximate surface area is 285 Å². The molecule has 1 aliphatic carbocycles. The summed E-state index contributed by atoms with van der Waals surface area (Å²) in [6, 6.07) is 45.1. The summed E-state index contributed by atoms with van der Waals surface area (Å²) < 4.78 is 0. The minimum atomic E-state index is -0.165. The Balaban J connectivity index is 1.31. The lowest BCUT2D eigenvalue weighted by Gasteiger charge is -2.46. The van der Waals surface area contributed by atoms with E-state index in [-0.39, 0.29) is 17.5 Å². The van der Waals surface area contributed by atoms with Crippen molar-refractivity contribution in [1.82, 2.24) is 4.98 Å². The molecule has 234 valence electrons. The van der Waals surface area contributed by atoms with Crippen molar-refractivity contribution in [2.24, 2.45) is 0 Å². The number of fused-ring (bicyclic) bond motifs is 5. The van der Waals surface area contributed by atoms with Crippen LogP contribution in [0.1, 0.15) is 75.6 Å². The van der Waals surface area contributed by atoms with Crippen molar-refractivity contribution in [3.05, 3.63) is 150 Å². The van der Waals surface area contributed by atoms with E-state index >= 15 is 0 Å². The first kappa shape index (κ1) is 29.3. The van der Waals surface area contributed by atoms with Crippen LogP contribution in [0.2, 0.25) is 0 Å². The van der Waals surface area contributed by atoms with E-state index in [1.807, 2.05) is 6.20 Å². The Morgan fingerprint density at radius 3 is 2.00 bits per heavy atom. The molecule has 0 saturated heterocycles. The van der Waals surface area contributed by atoms with Crippen molar-refractivity contribution in [3.8, 4) is 22.3 Å². The molecule has 0 fully saturated rings. The molecule has 5 aromatic carbocycles. The molecule has 2 nitrogen and oxygen atoms in total. The molecule has 6 aromatic rings. The van der Waals surface area contributed by atoms with Crippen molar-refractivity contribution < 1.29 is 0 Å². The predicted octanol–water partition coefficient (Wildman–Crippen LogP) is 9.53. The number of pyridine rings is 1. The van der Waals surface area contributed by atoms with E-state index in [1.54, 1.807) is 5.56 Å². The molecule has 0 N–H and O–H groups in total. The highest BCUT2D eigenvalue weighted by atomic mass is 15.2. The van der Waals surface area contributed by atoms with Gasteiger partial charge in [0.1, 0.15) is 5.82 Å². The molecule has 0 amide bonds. The zero-order chi connectivity index (χ0) is 32.8. The number of hydrogen-bond acceptors (Lipinski definition) is 2. The second-order valence-corrected chi connectivity index (χ2v) is 15.4. The van der Waals surface area contributed by atoms with Crippen molar-refractivity contribution in [2.45, 2.75) is 64.2 Å². The Bertz CT molecular complexity index is 2200. The molecular weight excluding hydrogens is 579 g/mol. The van der Waals surface area contributed by atoms with Gasteiger partial charge in [0.15, 0.2) is 0 Å². The molecule has 1 unspecified atom stereocenters. The van der Waals surface area contributed by atoms with Crippen LogP contribution in [0.25, 0.3) is 22.3 Å². The van der Waals surface area contributed by atoms with Gasteiger partial charge in [-0.25, -0.2) is 4.98 Å². The predicted molar refractivity (Wildman–Crippen MR) is 204 cm³/mol. The molecule has 48 heavy (non-hydrogen) atoms. The van der Waals surface area contributed by atoms with E-state index in [0.29, 0.717) is 5.92 Å². The monoisotopic (exact) mass is 620 g/mol. The van der Waals surface area contributed by atoms with E-state index in [2.05, 4.69) is 161 Å². The number of benzene rings is 5. The summed E-state index contributed by atoms with van der Waals surface area (Å²) in [4.78, 5) is 7.64. The summed E-state index contributed by atoms with van der Waals surface area (Å²) in [6.45, 7) is 12.3. The van der Waals surface area contributed by atoms with Gasteiger partial charge in [-0.05, 0) is 104 Å². The van der Waals surface area contributed by atoms with Gasteiger partial charge in [-0.3, -0.25) is 4.90 Å². The van der Waals surface area contributed by atoms with Gasteiger partial charge in [0, 0.05) is 23.0 Å². The van der Waals surface area contributed by atoms with E-state index in [4.69, 9.17) is 4.98 Å². The minimum Gasteiger partial charge on any atom is -0.296 e. The lowest BCUT2D eigenvalue weighted by molar-refractivity contribution is 0.401. The third-order valence-corrected chi connectivity index (χ3v) is 11.7. The fraction of sp³-hybridized carbons (Fsp3) is 0.222. The summed E-state index contributed by atoms with van der Waals surface area (Å²) in [6.07, 6.45) is 4.50. The zero-order valence-corrected chi connectivity index (χ0v) is 28.6. The van der Waals surface area contributed by atoms with Crippen LogP contribution in [-0.4, -0.2) is 11.7 Å². The summed E-state index contributed by atoms with van der Waals surface area (Å²) in [5, 5.41) is 0. The standard InChI is InChI=1S/C45H41BN2/c1-29-22-24-44(2,3)37-28-38-39(27-35(29)37)46-40-26-33(31-14-10-7-11-15-31)18-21-41(40)48(43-42(46)36(23-25-47-43)45(38,4)5)34-19-16-32(17-20-34)30-12-8-6-9-13-30/h6-21,23,25-29H,22,24H2,1-5H3. The molecule has 0 spiro atoms. The van der Waals surface area contributed by atoms with E-state index in [0.717, 1.165) is 11.5 Å². The van der Waals surface area contributed by atoms with Crippen LogP contribution >= 0.6 is 0 Å². The average molecular weight is 621 g/mol. The Hall–Kier alpha value is -4.89. The molecule has 3 aliphatic rings. The van der Waals surface area contributed by atoms with Crippen molar-refractivity contribution in [2.75, 3.05) is 4.90 Å². The largest absolute Gasteiger partial charge is 0.296 e. The smallest absolute Gasteiger partial charge is 0.249 e. The summed E-state index contributed by atoms with van der Waals surface area (Å²) >= 11 is 0. The van der Waals surface area contributed by atoms with Gasteiger partial charge in [-0.15, -0.1) is 0 Å². The highest BCUT2D eigenvalue weighted by Crippen LogP contribution is 2.47. The van der Waals surface area contributed by atoms with Crippen molar-refractivity contribution >= 4 is 40.3 Å². The number of nitrogens with zero attached hydrogens (tertiary/aromatic N) is 2. The number of hydrogen-bond donors (Lipinski definition) is 0. The van der Waals surface area contributed by atoms with Crippen LogP contribution in [-0.2, 0) is 10.8 Å². The Morgan fingerprint density at radius 1 is 0.646 bits per heavy atom. The normalized spacial score (nSPS) is 18.0. The van der Waals surface area contributed by atoms with Crippen molar-refractivity contribution in [1.29, 1.82) is 0 Å². The SMILES string of the molecule is CC1CCC(C)(C)c2cc3c(cc21)B1c2cc(-c4ccccc4)ccc2N(c2ccc(-c4ccccc4)cc2)c2nccc(c21)C3(C)C. The summed E-state index contributed by atoms with van der Waals surface area (Å²) in [7, 11) is 0. The lowest BCUT2D eigenvalue weighted by atomic mass is 9.30. The molecule has 0 radical (unpaired) electrons. The maximum Gasteiger partial charge on any atom is 0.249 e. The van der Waals surface area contributed by atoms with Crippen LogP contribution in [0.3, 0.4) is 0 Å². The average Bonchev–Trinajstić information content (AvgIpc) is 3.12. The second-order valence-electron chi connectivity index (χ2n) is 15.4. The first-order valence-corrected chi connectivity index (χ1v) is 17.6. The van der Waals surface area contributed by atoms with Gasteiger partial charge in [0.25, 0.3) is 0 Å². The van der Waals surface area contributed by atoms with Gasteiger partial charge < -0.3 is 0 Å². The van der Waals surface area contributed by atoms with E-state index in [1.165, 1.54) is 73.9 Å². The molecule has 3 heterocycles. The van der Waals surface area contributed by atoms with E-state index in [9.17, 15) is 0 Å². The van der Waals surface area contributed by atoms with E-state index < -0.39 is 0 Å². The number of rotatable bonds is 3. The maximum atomic E-state index is 5.22. The molecule has 0 saturated carbocycles. The molecular formula is C45H41BN2. The first-order chi connectivity index (χ1) is 23.2. The van der Waals surface area contributed by atoms with Crippen LogP contribution in [0.15, 0.2) is 128 Å². The van der Waals surface area contributed by atoms with Gasteiger partial charge in [-0.2, -0.15) is 0 Å². The molecule has 3 heteroatoms.